The second-order valence-electron chi connectivity index (χ2n) is 7.84. The van der Waals surface area contributed by atoms with Crippen LogP contribution in [0.3, 0.4) is 0 Å². The first kappa shape index (κ1) is 17.1. The smallest absolute Gasteiger partial charge is 0.193 e. The van der Waals surface area contributed by atoms with Crippen LogP contribution in [0.15, 0.2) is 36.4 Å². The first-order valence-corrected chi connectivity index (χ1v) is 9.84. The number of phenolic OH excluding ortho intramolecular Hbond substituents is 2. The molecule has 2 fully saturated rings. The van der Waals surface area contributed by atoms with E-state index in [4.69, 9.17) is 0 Å². The molecule has 2 aromatic rings. The summed E-state index contributed by atoms with van der Waals surface area (Å²) in [6.45, 7) is 0. The number of carbonyl (C=O) groups excluding carboxylic acids is 1. The van der Waals surface area contributed by atoms with Crippen LogP contribution in [-0.2, 0) is 0 Å². The van der Waals surface area contributed by atoms with Crippen molar-refractivity contribution >= 4 is 5.78 Å². The highest BCUT2D eigenvalue weighted by Crippen LogP contribution is 2.40. The fraction of sp³-hybridized carbons (Fsp3) is 0.435. The van der Waals surface area contributed by atoms with Crippen LogP contribution in [0.4, 0.5) is 0 Å². The topological polar surface area (TPSA) is 57.5 Å². The van der Waals surface area contributed by atoms with Gasteiger partial charge in [0.25, 0.3) is 0 Å². The Hall–Kier alpha value is -2.29. The fourth-order valence-electron chi connectivity index (χ4n) is 4.69. The number of benzene rings is 2. The van der Waals surface area contributed by atoms with E-state index in [1.165, 1.54) is 25.7 Å². The molecule has 136 valence electrons. The second-order valence-corrected chi connectivity index (χ2v) is 7.84. The summed E-state index contributed by atoms with van der Waals surface area (Å²) in [5.74, 6) is 1.27. The molecule has 2 aliphatic rings. The van der Waals surface area contributed by atoms with Crippen molar-refractivity contribution < 1.29 is 15.0 Å². The largest absolute Gasteiger partial charge is 0.508 e. The van der Waals surface area contributed by atoms with E-state index in [0.29, 0.717) is 34.5 Å². The van der Waals surface area contributed by atoms with Crippen molar-refractivity contribution in [3.8, 4) is 11.5 Å². The van der Waals surface area contributed by atoms with Gasteiger partial charge in [0.15, 0.2) is 5.78 Å². The number of aromatic hydroxyl groups is 2. The molecule has 2 saturated carbocycles. The van der Waals surface area contributed by atoms with E-state index in [2.05, 4.69) is 0 Å². The summed E-state index contributed by atoms with van der Waals surface area (Å²) in [5.41, 5.74) is 3.05. The highest BCUT2D eigenvalue weighted by Gasteiger charge is 2.24. The predicted molar refractivity (Wildman–Crippen MR) is 102 cm³/mol. The van der Waals surface area contributed by atoms with Crippen LogP contribution >= 0.6 is 0 Å². The molecule has 4 rings (SSSR count). The Morgan fingerprint density at radius 3 is 1.46 bits per heavy atom. The van der Waals surface area contributed by atoms with Crippen molar-refractivity contribution in [3.63, 3.8) is 0 Å². The number of phenols is 2. The lowest BCUT2D eigenvalue weighted by Gasteiger charge is -2.15. The Kier molecular flexibility index (Phi) is 4.71. The lowest BCUT2D eigenvalue weighted by Crippen LogP contribution is -2.05. The molecule has 0 bridgehead atoms. The van der Waals surface area contributed by atoms with Crippen LogP contribution < -0.4 is 0 Å². The zero-order valence-electron chi connectivity index (χ0n) is 15.1. The van der Waals surface area contributed by atoms with Crippen LogP contribution in [0.25, 0.3) is 0 Å². The van der Waals surface area contributed by atoms with Gasteiger partial charge < -0.3 is 10.2 Å². The van der Waals surface area contributed by atoms with Gasteiger partial charge in [-0.15, -0.1) is 0 Å². The number of hydrogen-bond acceptors (Lipinski definition) is 3. The molecule has 26 heavy (non-hydrogen) atoms. The zero-order chi connectivity index (χ0) is 18.1. The highest BCUT2D eigenvalue weighted by atomic mass is 16.3. The van der Waals surface area contributed by atoms with Gasteiger partial charge in [-0.1, -0.05) is 25.7 Å². The van der Waals surface area contributed by atoms with E-state index in [1.54, 1.807) is 24.3 Å². The minimum Gasteiger partial charge on any atom is -0.508 e. The minimum absolute atomic E-state index is 0.0384. The highest BCUT2D eigenvalue weighted by molar-refractivity contribution is 6.09. The maximum Gasteiger partial charge on any atom is 0.193 e. The van der Waals surface area contributed by atoms with Crippen LogP contribution in [-0.4, -0.2) is 16.0 Å². The second kappa shape index (κ2) is 7.14. The average Bonchev–Trinajstić information content (AvgIpc) is 3.36. The summed E-state index contributed by atoms with van der Waals surface area (Å²) < 4.78 is 0. The van der Waals surface area contributed by atoms with Crippen molar-refractivity contribution in [3.05, 3.63) is 58.7 Å². The van der Waals surface area contributed by atoms with Crippen LogP contribution in [0.5, 0.6) is 11.5 Å². The first-order valence-electron chi connectivity index (χ1n) is 9.84. The maximum atomic E-state index is 13.0. The van der Waals surface area contributed by atoms with Gasteiger partial charge in [-0.25, -0.2) is 0 Å². The van der Waals surface area contributed by atoms with Crippen molar-refractivity contribution in [1.82, 2.24) is 0 Å². The van der Waals surface area contributed by atoms with Gasteiger partial charge in [0.2, 0.25) is 0 Å². The van der Waals surface area contributed by atoms with E-state index < -0.39 is 0 Å². The first-order chi connectivity index (χ1) is 12.6. The summed E-state index contributed by atoms with van der Waals surface area (Å²) in [4.78, 5) is 13.0. The molecule has 3 heteroatoms. The number of rotatable bonds is 4. The summed E-state index contributed by atoms with van der Waals surface area (Å²) in [6, 6.07) is 10.5. The Bertz CT molecular complexity index is 745. The molecule has 0 spiro atoms. The molecule has 0 aromatic heterocycles. The Labute approximate surface area is 154 Å². The number of hydrogen-bond donors (Lipinski definition) is 2. The van der Waals surface area contributed by atoms with Crippen molar-refractivity contribution in [2.24, 2.45) is 0 Å². The van der Waals surface area contributed by atoms with Gasteiger partial charge in [-0.05, 0) is 85.0 Å². The van der Waals surface area contributed by atoms with E-state index in [1.807, 2.05) is 12.1 Å². The normalized spacial score (nSPS) is 18.5. The SMILES string of the molecule is O=C(c1ccc(O)c(C2CCCC2)c1)c1ccc(O)c(C2CCCC2)c1. The predicted octanol–water partition coefficient (Wildman–Crippen LogP) is 5.64. The van der Waals surface area contributed by atoms with Gasteiger partial charge in [-0.2, -0.15) is 0 Å². The quantitative estimate of drug-likeness (QED) is 0.701. The molecule has 0 atom stereocenters. The van der Waals surface area contributed by atoms with Crippen molar-refractivity contribution in [2.45, 2.75) is 63.2 Å². The molecule has 0 saturated heterocycles. The van der Waals surface area contributed by atoms with E-state index in [-0.39, 0.29) is 5.78 Å². The maximum absolute atomic E-state index is 13.0. The van der Waals surface area contributed by atoms with Crippen LogP contribution in [0.1, 0.15) is 90.3 Å². The van der Waals surface area contributed by atoms with Crippen LogP contribution in [0, 0.1) is 0 Å². The summed E-state index contributed by atoms with van der Waals surface area (Å²) in [6.07, 6.45) is 9.06. The molecule has 2 aliphatic carbocycles. The molecule has 0 amide bonds. The van der Waals surface area contributed by atoms with Crippen molar-refractivity contribution in [1.29, 1.82) is 0 Å². The van der Waals surface area contributed by atoms with Gasteiger partial charge >= 0.3 is 0 Å². The lowest BCUT2D eigenvalue weighted by atomic mass is 9.90. The summed E-state index contributed by atoms with van der Waals surface area (Å²) >= 11 is 0. The molecule has 2 aromatic carbocycles. The molecule has 0 heterocycles. The average molecular weight is 350 g/mol. The minimum atomic E-state index is -0.0384. The molecule has 2 N–H and O–H groups in total. The van der Waals surface area contributed by atoms with Gasteiger partial charge in [0.05, 0.1) is 0 Å². The van der Waals surface area contributed by atoms with Crippen LogP contribution in [0.2, 0.25) is 0 Å². The third-order valence-corrected chi connectivity index (χ3v) is 6.17. The summed E-state index contributed by atoms with van der Waals surface area (Å²) in [7, 11) is 0. The van der Waals surface area contributed by atoms with E-state index in [9.17, 15) is 15.0 Å². The summed E-state index contributed by atoms with van der Waals surface area (Å²) in [5, 5.41) is 20.5. The number of carbonyl (C=O) groups is 1. The molecule has 3 nitrogen and oxygen atoms in total. The third kappa shape index (κ3) is 3.23. The van der Waals surface area contributed by atoms with E-state index in [0.717, 1.165) is 36.8 Å². The Balaban J connectivity index is 1.65. The fourth-order valence-corrected chi connectivity index (χ4v) is 4.69. The monoisotopic (exact) mass is 350 g/mol. The molecular weight excluding hydrogens is 324 g/mol. The standard InChI is InChI=1S/C23H26O3/c24-21-11-9-17(13-19(21)15-5-1-2-6-15)23(26)18-10-12-22(25)20(14-18)16-7-3-4-8-16/h9-16,24-25H,1-8H2. The van der Waals surface area contributed by atoms with Crippen molar-refractivity contribution in [2.75, 3.05) is 0 Å². The number of ketones is 1. The van der Waals surface area contributed by atoms with Gasteiger partial charge in [0.1, 0.15) is 11.5 Å². The van der Waals surface area contributed by atoms with Gasteiger partial charge in [-0.3, -0.25) is 4.79 Å². The zero-order valence-corrected chi connectivity index (χ0v) is 15.1. The van der Waals surface area contributed by atoms with E-state index >= 15 is 0 Å². The Morgan fingerprint density at radius 1 is 0.692 bits per heavy atom. The lowest BCUT2D eigenvalue weighted by molar-refractivity contribution is 0.103. The molecular formula is C23H26O3. The Morgan fingerprint density at radius 2 is 1.08 bits per heavy atom. The van der Waals surface area contributed by atoms with Gasteiger partial charge in [0, 0.05) is 11.1 Å². The third-order valence-electron chi connectivity index (χ3n) is 6.17. The molecule has 0 radical (unpaired) electrons. The molecule has 0 unspecified atom stereocenters. The molecule has 0 aliphatic heterocycles.